The summed E-state index contributed by atoms with van der Waals surface area (Å²) in [5, 5.41) is 0.803. The van der Waals surface area contributed by atoms with E-state index in [9.17, 15) is 9.59 Å². The summed E-state index contributed by atoms with van der Waals surface area (Å²) in [4.78, 5) is 29.7. The predicted molar refractivity (Wildman–Crippen MR) is 83.7 cm³/mol. The Morgan fingerprint density at radius 2 is 2.05 bits per heavy atom. The first-order valence-corrected chi connectivity index (χ1v) is 7.13. The fourth-order valence-corrected chi connectivity index (χ4v) is 2.33. The first kappa shape index (κ1) is 15.4. The van der Waals surface area contributed by atoms with Crippen LogP contribution in [0.25, 0.3) is 0 Å². The van der Waals surface area contributed by atoms with Crippen molar-refractivity contribution in [2.75, 3.05) is 6.61 Å². The highest BCUT2D eigenvalue weighted by molar-refractivity contribution is 9.10. The average Bonchev–Trinajstić information content (AvgIpc) is 2.69. The molecule has 0 fully saturated rings. The Hall–Kier alpha value is -1.98. The van der Waals surface area contributed by atoms with Crippen molar-refractivity contribution in [2.45, 2.75) is 6.92 Å². The molecule has 0 unspecified atom stereocenters. The Morgan fingerprint density at radius 3 is 2.71 bits per heavy atom. The van der Waals surface area contributed by atoms with Crippen LogP contribution in [-0.2, 0) is 4.84 Å². The van der Waals surface area contributed by atoms with Crippen LogP contribution in [0.4, 0.5) is 0 Å². The van der Waals surface area contributed by atoms with Crippen LogP contribution < -0.4 is 0 Å². The van der Waals surface area contributed by atoms with Gasteiger partial charge in [-0.25, -0.2) is 0 Å². The molecule has 1 heterocycles. The standard InChI is InChI=1S/C16H14BrNO3/c1-3-5-11(6-4-2)10-21-18-15(19)13-8-7-12(17)9-14(13)16(18)20/h3-9H,1,10H2,2H3/b6-4-,11-5+. The molecule has 0 aliphatic carbocycles. The van der Waals surface area contributed by atoms with Crippen molar-refractivity contribution in [3.8, 4) is 0 Å². The molecule has 0 spiro atoms. The highest BCUT2D eigenvalue weighted by atomic mass is 79.9. The molecule has 108 valence electrons. The number of rotatable bonds is 5. The van der Waals surface area contributed by atoms with Crippen LogP contribution in [0.15, 0.2) is 59.1 Å². The summed E-state index contributed by atoms with van der Waals surface area (Å²) in [6, 6.07) is 4.94. The summed E-state index contributed by atoms with van der Waals surface area (Å²) in [5.74, 6) is -0.893. The molecule has 0 radical (unpaired) electrons. The Labute approximate surface area is 131 Å². The summed E-state index contributed by atoms with van der Waals surface area (Å²) < 4.78 is 0.741. The van der Waals surface area contributed by atoms with Crippen molar-refractivity contribution < 1.29 is 14.4 Å². The summed E-state index contributed by atoms with van der Waals surface area (Å²) in [6.45, 7) is 5.60. The molecule has 0 atom stereocenters. The van der Waals surface area contributed by atoms with E-state index in [1.165, 1.54) is 0 Å². The first-order chi connectivity index (χ1) is 10.1. The maximum atomic E-state index is 12.2. The molecular formula is C16H14BrNO3. The molecule has 4 nitrogen and oxygen atoms in total. The highest BCUT2D eigenvalue weighted by Gasteiger charge is 2.36. The van der Waals surface area contributed by atoms with E-state index in [1.807, 2.05) is 19.1 Å². The largest absolute Gasteiger partial charge is 0.285 e. The molecular weight excluding hydrogens is 334 g/mol. The summed E-state index contributed by atoms with van der Waals surface area (Å²) >= 11 is 3.28. The van der Waals surface area contributed by atoms with Gasteiger partial charge in [-0.15, -0.1) is 5.06 Å². The van der Waals surface area contributed by atoms with Gasteiger partial charge >= 0.3 is 0 Å². The zero-order chi connectivity index (χ0) is 15.4. The highest BCUT2D eigenvalue weighted by Crippen LogP contribution is 2.26. The fraction of sp³-hybridized carbons (Fsp3) is 0.125. The molecule has 0 N–H and O–H groups in total. The van der Waals surface area contributed by atoms with Crippen LogP contribution in [0.5, 0.6) is 0 Å². The summed E-state index contributed by atoms with van der Waals surface area (Å²) in [5.41, 5.74) is 1.50. The second kappa shape index (κ2) is 6.65. The molecule has 1 aromatic carbocycles. The van der Waals surface area contributed by atoms with Gasteiger partial charge in [0.2, 0.25) is 0 Å². The van der Waals surface area contributed by atoms with E-state index in [0.717, 1.165) is 15.1 Å². The number of carbonyl (C=O) groups excluding carboxylic acids is 2. The molecule has 1 aromatic rings. The van der Waals surface area contributed by atoms with E-state index in [1.54, 1.807) is 30.4 Å². The van der Waals surface area contributed by atoms with E-state index < -0.39 is 11.8 Å². The van der Waals surface area contributed by atoms with Gasteiger partial charge in [0.1, 0.15) is 6.61 Å². The van der Waals surface area contributed by atoms with Gasteiger partial charge in [0, 0.05) is 4.47 Å². The normalized spacial score (nSPS) is 15.0. The predicted octanol–water partition coefficient (Wildman–Crippen LogP) is 3.67. The number of nitrogens with zero attached hydrogens (tertiary/aromatic N) is 1. The van der Waals surface area contributed by atoms with Gasteiger partial charge < -0.3 is 0 Å². The lowest BCUT2D eigenvalue weighted by molar-refractivity contribution is -0.0818. The number of hydroxylamine groups is 2. The maximum absolute atomic E-state index is 12.2. The molecule has 21 heavy (non-hydrogen) atoms. The molecule has 0 bridgehead atoms. The van der Waals surface area contributed by atoms with Crippen LogP contribution in [0, 0.1) is 0 Å². The van der Waals surface area contributed by atoms with Crippen molar-refractivity contribution in [1.29, 1.82) is 0 Å². The average molecular weight is 348 g/mol. The molecule has 1 aliphatic heterocycles. The summed E-state index contributed by atoms with van der Waals surface area (Å²) in [7, 11) is 0. The Bertz CT molecular complexity index is 661. The molecule has 5 heteroatoms. The minimum Gasteiger partial charge on any atom is -0.266 e. The van der Waals surface area contributed by atoms with Gasteiger partial charge in [0.15, 0.2) is 0 Å². The van der Waals surface area contributed by atoms with Crippen molar-refractivity contribution >= 4 is 27.7 Å². The molecule has 0 saturated carbocycles. The van der Waals surface area contributed by atoms with Crippen LogP contribution in [0.1, 0.15) is 27.6 Å². The number of hydrogen-bond donors (Lipinski definition) is 0. The second-order valence-electron chi connectivity index (χ2n) is 4.35. The Kier molecular flexibility index (Phi) is 4.88. The zero-order valence-electron chi connectivity index (χ0n) is 11.5. The van der Waals surface area contributed by atoms with Crippen molar-refractivity contribution in [2.24, 2.45) is 0 Å². The zero-order valence-corrected chi connectivity index (χ0v) is 13.1. The molecule has 0 saturated heterocycles. The fourth-order valence-electron chi connectivity index (χ4n) is 1.96. The lowest BCUT2D eigenvalue weighted by Gasteiger charge is -2.13. The van der Waals surface area contributed by atoms with Gasteiger partial charge in [-0.2, -0.15) is 0 Å². The van der Waals surface area contributed by atoms with Gasteiger partial charge in [-0.3, -0.25) is 14.4 Å². The summed E-state index contributed by atoms with van der Waals surface area (Å²) in [6.07, 6.45) is 7.06. The van der Waals surface area contributed by atoms with E-state index >= 15 is 0 Å². The SMILES string of the molecule is C=C/C=C(\C=C/C)CON1C(=O)c2ccc(Br)cc2C1=O. The van der Waals surface area contributed by atoms with E-state index in [0.29, 0.717) is 11.1 Å². The number of hydrogen-bond acceptors (Lipinski definition) is 3. The minimum absolute atomic E-state index is 0.114. The number of amides is 2. The number of imide groups is 1. The van der Waals surface area contributed by atoms with Gasteiger partial charge in [0.25, 0.3) is 11.8 Å². The Balaban J connectivity index is 2.17. The number of halogens is 1. The molecule has 0 aromatic heterocycles. The molecule has 1 aliphatic rings. The third-order valence-corrected chi connectivity index (χ3v) is 3.38. The third-order valence-electron chi connectivity index (χ3n) is 2.88. The minimum atomic E-state index is -0.449. The van der Waals surface area contributed by atoms with E-state index in [-0.39, 0.29) is 6.61 Å². The lowest BCUT2D eigenvalue weighted by Crippen LogP contribution is -2.30. The van der Waals surface area contributed by atoms with Crippen molar-refractivity contribution in [3.63, 3.8) is 0 Å². The van der Waals surface area contributed by atoms with Crippen LogP contribution in [-0.4, -0.2) is 23.5 Å². The van der Waals surface area contributed by atoms with Crippen LogP contribution in [0.3, 0.4) is 0 Å². The van der Waals surface area contributed by atoms with Crippen molar-refractivity contribution in [3.05, 3.63) is 70.3 Å². The number of carbonyl (C=O) groups is 2. The Morgan fingerprint density at radius 1 is 1.33 bits per heavy atom. The quantitative estimate of drug-likeness (QED) is 0.603. The first-order valence-electron chi connectivity index (χ1n) is 6.34. The van der Waals surface area contributed by atoms with Crippen LogP contribution >= 0.6 is 15.9 Å². The monoisotopic (exact) mass is 347 g/mol. The van der Waals surface area contributed by atoms with Crippen LogP contribution in [0.2, 0.25) is 0 Å². The van der Waals surface area contributed by atoms with Gasteiger partial charge in [0.05, 0.1) is 11.1 Å². The van der Waals surface area contributed by atoms with Gasteiger partial charge in [-0.05, 0) is 30.7 Å². The third kappa shape index (κ3) is 3.20. The van der Waals surface area contributed by atoms with E-state index in [2.05, 4.69) is 22.5 Å². The number of allylic oxidation sites excluding steroid dienone is 3. The number of fused-ring (bicyclic) bond motifs is 1. The molecule has 2 rings (SSSR count). The molecule has 2 amide bonds. The maximum Gasteiger partial charge on any atom is 0.285 e. The van der Waals surface area contributed by atoms with E-state index in [4.69, 9.17) is 4.84 Å². The van der Waals surface area contributed by atoms with Crippen molar-refractivity contribution in [1.82, 2.24) is 5.06 Å². The smallest absolute Gasteiger partial charge is 0.266 e. The lowest BCUT2D eigenvalue weighted by atomic mass is 10.1. The van der Waals surface area contributed by atoms with Gasteiger partial charge in [-0.1, -0.05) is 46.8 Å². The topological polar surface area (TPSA) is 46.6 Å². The number of benzene rings is 1. The second-order valence-corrected chi connectivity index (χ2v) is 5.26.